The Labute approximate surface area is 201 Å². The maximum Gasteiger partial charge on any atom is 0.256 e. The molecule has 1 aromatic heterocycles. The molecule has 0 saturated heterocycles. The van der Waals surface area contributed by atoms with Crippen molar-refractivity contribution in [1.82, 2.24) is 4.98 Å². The van der Waals surface area contributed by atoms with E-state index < -0.39 is 21.7 Å². The molecule has 8 nitrogen and oxygen atoms in total. The van der Waals surface area contributed by atoms with Gasteiger partial charge in [-0.3, -0.25) is 9.52 Å². The number of amides is 1. The van der Waals surface area contributed by atoms with Crippen molar-refractivity contribution in [2.75, 3.05) is 22.9 Å². The van der Waals surface area contributed by atoms with Gasteiger partial charge in [0.25, 0.3) is 5.91 Å². The van der Waals surface area contributed by atoms with Gasteiger partial charge in [-0.15, -0.1) is 0 Å². The minimum absolute atomic E-state index is 0.0924. The van der Waals surface area contributed by atoms with Crippen LogP contribution in [-0.2, 0) is 10.0 Å². The van der Waals surface area contributed by atoms with Gasteiger partial charge in [0.1, 0.15) is 11.6 Å². The molecule has 4 aromatic rings. The van der Waals surface area contributed by atoms with E-state index in [4.69, 9.17) is 9.15 Å². The molecule has 10 heteroatoms. The predicted octanol–water partition coefficient (Wildman–Crippen LogP) is 5.17. The van der Waals surface area contributed by atoms with Crippen LogP contribution in [0.3, 0.4) is 0 Å². The Morgan fingerprint density at radius 3 is 2.49 bits per heavy atom. The number of carbonyl (C=O) groups is 1. The number of sulfonamides is 1. The monoisotopic (exact) mass is 495 g/mol. The average Bonchev–Trinajstić information content (AvgIpc) is 3.35. The molecule has 4 rings (SSSR count). The van der Waals surface area contributed by atoms with Gasteiger partial charge in [-0.05, 0) is 43.3 Å². The summed E-state index contributed by atoms with van der Waals surface area (Å²) in [6, 6.07) is 17.5. The fraction of sp³-hybridized carbons (Fsp3) is 0.120. The van der Waals surface area contributed by atoms with Gasteiger partial charge in [-0.2, -0.15) is 0 Å². The third-order valence-corrected chi connectivity index (χ3v) is 6.44. The van der Waals surface area contributed by atoms with Gasteiger partial charge in [0.15, 0.2) is 5.76 Å². The summed E-state index contributed by atoms with van der Waals surface area (Å²) in [5.74, 6) is -0.338. The second-order valence-electron chi connectivity index (χ2n) is 7.43. The normalized spacial score (nSPS) is 11.2. The van der Waals surface area contributed by atoms with Crippen LogP contribution >= 0.6 is 0 Å². The first kappa shape index (κ1) is 24.0. The van der Waals surface area contributed by atoms with E-state index in [2.05, 4.69) is 15.0 Å². The summed E-state index contributed by atoms with van der Waals surface area (Å²) in [6.45, 7) is 1.52. The summed E-state index contributed by atoms with van der Waals surface area (Å²) in [7, 11) is -2.10. The van der Waals surface area contributed by atoms with E-state index in [0.29, 0.717) is 11.3 Å². The molecule has 1 heterocycles. The van der Waals surface area contributed by atoms with Gasteiger partial charge in [-0.1, -0.05) is 24.3 Å². The molecule has 2 N–H and O–H groups in total. The number of rotatable bonds is 8. The number of nitrogens with zero attached hydrogens (tertiary/aromatic N) is 1. The molecule has 0 atom stereocenters. The number of hydrogen-bond donors (Lipinski definition) is 2. The molecule has 0 unspecified atom stereocenters. The van der Waals surface area contributed by atoms with Crippen molar-refractivity contribution >= 4 is 27.3 Å². The van der Waals surface area contributed by atoms with Crippen LogP contribution in [0.15, 0.2) is 77.3 Å². The first-order valence-electron chi connectivity index (χ1n) is 10.6. The maximum atomic E-state index is 14.1. The zero-order valence-electron chi connectivity index (χ0n) is 18.9. The number of hydrogen-bond acceptors (Lipinski definition) is 6. The van der Waals surface area contributed by atoms with E-state index in [9.17, 15) is 17.6 Å². The van der Waals surface area contributed by atoms with Crippen LogP contribution in [0.2, 0.25) is 0 Å². The van der Waals surface area contributed by atoms with Crippen LogP contribution in [0.5, 0.6) is 5.75 Å². The van der Waals surface area contributed by atoms with Crippen molar-refractivity contribution in [3.05, 3.63) is 84.3 Å². The molecule has 0 aliphatic rings. The van der Waals surface area contributed by atoms with Crippen molar-refractivity contribution in [3.8, 4) is 28.5 Å². The van der Waals surface area contributed by atoms with Gasteiger partial charge in [0.05, 0.1) is 35.9 Å². The van der Waals surface area contributed by atoms with E-state index in [-0.39, 0.29) is 40.0 Å². The summed E-state index contributed by atoms with van der Waals surface area (Å²) < 4.78 is 51.4. The Hall–Kier alpha value is -4.18. The number of anilines is 2. The number of ether oxygens (including phenoxy) is 1. The molecule has 3 aromatic carbocycles. The molecule has 35 heavy (non-hydrogen) atoms. The molecular weight excluding hydrogens is 473 g/mol. The lowest BCUT2D eigenvalue weighted by molar-refractivity contribution is 0.102. The zero-order chi connectivity index (χ0) is 25.0. The molecule has 180 valence electrons. The number of nitrogens with one attached hydrogen (secondary N) is 2. The van der Waals surface area contributed by atoms with Crippen molar-refractivity contribution in [2.45, 2.75) is 6.92 Å². The Morgan fingerprint density at radius 2 is 1.77 bits per heavy atom. The third kappa shape index (κ3) is 5.33. The van der Waals surface area contributed by atoms with Crippen molar-refractivity contribution in [1.29, 1.82) is 0 Å². The molecule has 0 aliphatic carbocycles. The van der Waals surface area contributed by atoms with Gasteiger partial charge < -0.3 is 14.5 Å². The predicted molar refractivity (Wildman–Crippen MR) is 131 cm³/mol. The van der Waals surface area contributed by atoms with Gasteiger partial charge in [-0.25, -0.2) is 17.8 Å². The minimum atomic E-state index is -3.50. The van der Waals surface area contributed by atoms with Gasteiger partial charge in [0, 0.05) is 17.3 Å². The average molecular weight is 496 g/mol. The highest BCUT2D eigenvalue weighted by Gasteiger charge is 2.19. The van der Waals surface area contributed by atoms with Crippen LogP contribution in [0, 0.1) is 5.82 Å². The lowest BCUT2D eigenvalue weighted by Gasteiger charge is -2.13. The molecule has 1 amide bonds. The number of benzene rings is 3. The largest absolute Gasteiger partial charge is 0.494 e. The van der Waals surface area contributed by atoms with Crippen LogP contribution in [0.4, 0.5) is 15.8 Å². The van der Waals surface area contributed by atoms with E-state index >= 15 is 0 Å². The summed E-state index contributed by atoms with van der Waals surface area (Å²) >= 11 is 0. The summed E-state index contributed by atoms with van der Waals surface area (Å²) in [5, 5.41) is 2.77. The highest BCUT2D eigenvalue weighted by Crippen LogP contribution is 2.31. The summed E-state index contributed by atoms with van der Waals surface area (Å²) in [4.78, 5) is 17.3. The topological polar surface area (TPSA) is 111 Å². The first-order valence-corrected chi connectivity index (χ1v) is 12.3. The highest BCUT2D eigenvalue weighted by molar-refractivity contribution is 7.92. The molecule has 0 bridgehead atoms. The number of oxazole rings is 1. The molecule has 0 radical (unpaired) electrons. The van der Waals surface area contributed by atoms with E-state index in [0.717, 1.165) is 0 Å². The number of carbonyl (C=O) groups excluding carboxylic acids is 1. The Kier molecular flexibility index (Phi) is 6.83. The van der Waals surface area contributed by atoms with Crippen molar-refractivity contribution < 1.29 is 26.8 Å². The molecule has 0 fully saturated rings. The van der Waals surface area contributed by atoms with E-state index in [1.807, 2.05) is 0 Å². The standard InChI is InChI=1S/C25H22FN3O5S/c1-3-35(31,32)29-21-13-12-16(14-22(21)33-2)28-24(30)17-8-4-5-9-18(17)25-27-15-23(34-25)19-10-6-7-11-20(19)26/h4-15,29H,3H2,1-2H3,(H,28,30). The van der Waals surface area contributed by atoms with E-state index in [1.165, 1.54) is 38.4 Å². The number of halogens is 1. The Bertz CT molecular complexity index is 1480. The fourth-order valence-electron chi connectivity index (χ4n) is 3.34. The fourth-order valence-corrected chi connectivity index (χ4v) is 3.99. The minimum Gasteiger partial charge on any atom is -0.494 e. The highest BCUT2D eigenvalue weighted by atomic mass is 32.2. The van der Waals surface area contributed by atoms with Gasteiger partial charge in [0.2, 0.25) is 15.9 Å². The summed E-state index contributed by atoms with van der Waals surface area (Å²) in [6.07, 6.45) is 1.41. The summed E-state index contributed by atoms with van der Waals surface area (Å²) in [5.41, 5.74) is 1.61. The van der Waals surface area contributed by atoms with Crippen molar-refractivity contribution in [2.24, 2.45) is 0 Å². The number of aromatic nitrogens is 1. The first-order chi connectivity index (χ1) is 16.8. The lowest BCUT2D eigenvalue weighted by Crippen LogP contribution is -2.16. The molecule has 0 spiro atoms. The molecule has 0 aliphatic heterocycles. The second-order valence-corrected chi connectivity index (χ2v) is 9.44. The van der Waals surface area contributed by atoms with Crippen LogP contribution in [0.1, 0.15) is 17.3 Å². The van der Waals surface area contributed by atoms with Gasteiger partial charge >= 0.3 is 0 Å². The zero-order valence-corrected chi connectivity index (χ0v) is 19.7. The number of methoxy groups -OCH3 is 1. The van der Waals surface area contributed by atoms with Crippen LogP contribution in [0.25, 0.3) is 22.8 Å². The third-order valence-electron chi connectivity index (χ3n) is 5.15. The smallest absolute Gasteiger partial charge is 0.256 e. The van der Waals surface area contributed by atoms with Crippen molar-refractivity contribution in [3.63, 3.8) is 0 Å². The van der Waals surface area contributed by atoms with Crippen LogP contribution in [-0.4, -0.2) is 32.2 Å². The second kappa shape index (κ2) is 9.98. The lowest BCUT2D eigenvalue weighted by atomic mass is 10.1. The molecular formula is C25H22FN3O5S. The Balaban J connectivity index is 1.60. The Morgan fingerprint density at radius 1 is 1.06 bits per heavy atom. The van der Waals surface area contributed by atoms with Crippen LogP contribution < -0.4 is 14.8 Å². The molecule has 0 saturated carbocycles. The van der Waals surface area contributed by atoms with E-state index in [1.54, 1.807) is 48.5 Å². The SMILES string of the molecule is CCS(=O)(=O)Nc1ccc(NC(=O)c2ccccc2-c2ncc(-c3ccccc3F)o2)cc1OC. The quantitative estimate of drug-likeness (QED) is 0.349. The maximum absolute atomic E-state index is 14.1.